The van der Waals surface area contributed by atoms with E-state index in [4.69, 9.17) is 0 Å². The average molecular weight is 489 g/mol. The third kappa shape index (κ3) is 6.42. The minimum Gasteiger partial charge on any atom is -0.508 e. The van der Waals surface area contributed by atoms with Crippen LogP contribution in [0.3, 0.4) is 0 Å². The summed E-state index contributed by atoms with van der Waals surface area (Å²) in [5, 5.41) is 20.1. The lowest BCUT2D eigenvalue weighted by atomic mass is 10.2. The number of carbonyl (C=O) groups excluding carboxylic acids is 2. The first-order valence-electron chi connectivity index (χ1n) is 10.7. The molecule has 0 saturated carbocycles. The molecule has 4 rings (SSSR count). The van der Waals surface area contributed by atoms with Crippen LogP contribution in [0.25, 0.3) is 6.08 Å². The Balaban J connectivity index is 1.49. The molecule has 7 nitrogen and oxygen atoms in total. The lowest BCUT2D eigenvalue weighted by molar-refractivity contribution is -0.121. The summed E-state index contributed by atoms with van der Waals surface area (Å²) >= 11 is 1.13. The van der Waals surface area contributed by atoms with Crippen molar-refractivity contribution in [1.29, 1.82) is 0 Å². The number of allylic oxidation sites excluding steroid dienone is 1. The van der Waals surface area contributed by atoms with Crippen LogP contribution in [-0.4, -0.2) is 33.6 Å². The van der Waals surface area contributed by atoms with E-state index in [2.05, 4.69) is 15.5 Å². The minimum atomic E-state index is -0.724. The Morgan fingerprint density at radius 1 is 1.06 bits per heavy atom. The van der Waals surface area contributed by atoms with E-state index in [1.807, 2.05) is 36.4 Å². The third-order valence-electron chi connectivity index (χ3n) is 4.93. The number of nitrogens with zero attached hydrogens (tertiary/aromatic N) is 3. The van der Waals surface area contributed by atoms with Crippen molar-refractivity contribution in [2.24, 2.45) is 10.2 Å². The van der Waals surface area contributed by atoms with Gasteiger partial charge in [-0.2, -0.15) is 5.10 Å². The maximum atomic E-state index is 13.2. The number of nitrogens with one attached hydrogen (secondary N) is 1. The molecule has 2 N–H and O–H groups in total. The highest BCUT2D eigenvalue weighted by atomic mass is 32.2. The van der Waals surface area contributed by atoms with Crippen LogP contribution in [0.15, 0.2) is 95.1 Å². The monoisotopic (exact) mass is 488 g/mol. The van der Waals surface area contributed by atoms with Crippen molar-refractivity contribution in [3.8, 4) is 5.75 Å². The molecule has 1 heterocycles. The largest absolute Gasteiger partial charge is 0.508 e. The van der Waals surface area contributed by atoms with Gasteiger partial charge in [-0.15, -0.1) is 5.10 Å². The fourth-order valence-electron chi connectivity index (χ4n) is 3.26. The van der Waals surface area contributed by atoms with E-state index in [9.17, 15) is 19.1 Å². The zero-order valence-corrected chi connectivity index (χ0v) is 19.2. The molecule has 176 valence electrons. The molecular formula is C26H21FN4O3S. The van der Waals surface area contributed by atoms with Crippen LogP contribution in [0.1, 0.15) is 12.0 Å². The summed E-state index contributed by atoms with van der Waals surface area (Å²) in [5.74, 6) is -1.06. The number of aromatic hydroxyl groups is 1. The Morgan fingerprint density at radius 2 is 1.77 bits per heavy atom. The highest BCUT2D eigenvalue weighted by Gasteiger charge is 2.40. The predicted octanol–water partition coefficient (Wildman–Crippen LogP) is 5.06. The Hall–Kier alpha value is -4.24. The lowest BCUT2D eigenvalue weighted by Gasteiger charge is -2.15. The number of rotatable bonds is 7. The average Bonchev–Trinajstić information content (AvgIpc) is 3.16. The van der Waals surface area contributed by atoms with E-state index in [0.717, 1.165) is 17.3 Å². The minimum absolute atomic E-state index is 0.0610. The maximum absolute atomic E-state index is 13.2. The number of anilines is 2. The molecule has 1 atom stereocenters. The summed E-state index contributed by atoms with van der Waals surface area (Å²) in [6.07, 6.45) is 5.01. The molecule has 3 aromatic rings. The second-order valence-corrected chi connectivity index (χ2v) is 8.64. The summed E-state index contributed by atoms with van der Waals surface area (Å²) in [7, 11) is 0. The van der Waals surface area contributed by atoms with Gasteiger partial charge in [0.1, 0.15) is 16.8 Å². The molecule has 3 aromatic carbocycles. The van der Waals surface area contributed by atoms with E-state index in [0.29, 0.717) is 16.5 Å². The fraction of sp³-hybridized carbons (Fsp3) is 0.0769. The number of halogens is 1. The van der Waals surface area contributed by atoms with E-state index >= 15 is 0 Å². The summed E-state index contributed by atoms with van der Waals surface area (Å²) in [5.41, 5.74) is 1.94. The number of amidine groups is 1. The van der Waals surface area contributed by atoms with Crippen LogP contribution in [0.5, 0.6) is 5.75 Å². The topological polar surface area (TPSA) is 94.4 Å². The van der Waals surface area contributed by atoms with Crippen molar-refractivity contribution in [1.82, 2.24) is 0 Å². The Morgan fingerprint density at radius 3 is 2.49 bits per heavy atom. The molecule has 0 radical (unpaired) electrons. The van der Waals surface area contributed by atoms with Crippen LogP contribution in [0.2, 0.25) is 0 Å². The normalized spacial score (nSPS) is 17.1. The van der Waals surface area contributed by atoms with Gasteiger partial charge in [0.15, 0.2) is 5.17 Å². The zero-order chi connectivity index (χ0) is 24.6. The summed E-state index contributed by atoms with van der Waals surface area (Å²) in [6, 6.07) is 21.2. The van der Waals surface area contributed by atoms with Gasteiger partial charge in [-0.05, 0) is 60.2 Å². The number of phenolic OH excluding ortho intramolecular Hbond substituents is 1. The van der Waals surface area contributed by atoms with Crippen molar-refractivity contribution in [3.63, 3.8) is 0 Å². The van der Waals surface area contributed by atoms with Crippen LogP contribution < -0.4 is 10.2 Å². The SMILES string of the molecule is O=C(CC1S\C(=N/N=C/C=C/c2ccccc2)N(c2ccc(O)cc2)C1=O)Nc1ccc(F)cc1. The molecule has 0 aliphatic carbocycles. The second-order valence-electron chi connectivity index (χ2n) is 7.47. The van der Waals surface area contributed by atoms with Crippen LogP contribution in [-0.2, 0) is 9.59 Å². The molecule has 0 aromatic heterocycles. The van der Waals surface area contributed by atoms with Gasteiger partial charge in [0.05, 0.1) is 5.69 Å². The van der Waals surface area contributed by atoms with Gasteiger partial charge in [-0.25, -0.2) is 4.39 Å². The number of phenols is 1. The molecule has 1 aliphatic heterocycles. The van der Waals surface area contributed by atoms with Gasteiger partial charge in [0.25, 0.3) is 0 Å². The third-order valence-corrected chi connectivity index (χ3v) is 6.05. The van der Waals surface area contributed by atoms with E-state index in [1.54, 1.807) is 18.2 Å². The van der Waals surface area contributed by atoms with Crippen molar-refractivity contribution in [2.75, 3.05) is 10.2 Å². The Labute approximate surface area is 205 Å². The molecule has 0 spiro atoms. The van der Waals surface area contributed by atoms with Crippen molar-refractivity contribution < 1.29 is 19.1 Å². The molecule has 1 aliphatic rings. The molecule has 1 fully saturated rings. The Bertz CT molecular complexity index is 1280. The molecule has 1 unspecified atom stereocenters. The fourth-order valence-corrected chi connectivity index (χ4v) is 4.35. The molecule has 9 heteroatoms. The molecular weight excluding hydrogens is 467 g/mol. The zero-order valence-electron chi connectivity index (χ0n) is 18.4. The highest BCUT2D eigenvalue weighted by Crippen LogP contribution is 2.34. The summed E-state index contributed by atoms with van der Waals surface area (Å²) < 4.78 is 13.1. The quantitative estimate of drug-likeness (QED) is 0.359. The van der Waals surface area contributed by atoms with Gasteiger partial charge in [0.2, 0.25) is 11.8 Å². The maximum Gasteiger partial charge on any atom is 0.247 e. The molecule has 1 saturated heterocycles. The van der Waals surface area contributed by atoms with Crippen molar-refractivity contribution >= 4 is 52.4 Å². The van der Waals surface area contributed by atoms with Gasteiger partial charge in [0, 0.05) is 18.3 Å². The lowest BCUT2D eigenvalue weighted by Crippen LogP contribution is -2.33. The molecule has 35 heavy (non-hydrogen) atoms. The Kier molecular flexibility index (Phi) is 7.69. The van der Waals surface area contributed by atoms with E-state index < -0.39 is 11.1 Å². The predicted molar refractivity (Wildman–Crippen MR) is 138 cm³/mol. The first kappa shape index (κ1) is 23.9. The number of hydrogen-bond donors (Lipinski definition) is 2. The van der Waals surface area contributed by atoms with Gasteiger partial charge >= 0.3 is 0 Å². The van der Waals surface area contributed by atoms with Crippen molar-refractivity contribution in [2.45, 2.75) is 11.7 Å². The molecule has 2 amide bonds. The number of carbonyl (C=O) groups is 2. The van der Waals surface area contributed by atoms with Gasteiger partial charge < -0.3 is 10.4 Å². The van der Waals surface area contributed by atoms with E-state index in [-0.39, 0.29) is 24.0 Å². The summed E-state index contributed by atoms with van der Waals surface area (Å²) in [6.45, 7) is 0. The number of hydrogen-bond acceptors (Lipinski definition) is 6. The molecule has 0 bridgehead atoms. The highest BCUT2D eigenvalue weighted by molar-refractivity contribution is 8.16. The number of amides is 2. The van der Waals surface area contributed by atoms with Gasteiger partial charge in [-0.3, -0.25) is 14.5 Å². The second kappa shape index (κ2) is 11.3. The summed E-state index contributed by atoms with van der Waals surface area (Å²) in [4.78, 5) is 27.1. The van der Waals surface area contributed by atoms with E-state index in [1.165, 1.54) is 47.5 Å². The first-order valence-corrected chi connectivity index (χ1v) is 11.6. The van der Waals surface area contributed by atoms with Crippen LogP contribution in [0, 0.1) is 5.82 Å². The standard InChI is InChI=1S/C26H21FN4O3S/c27-19-8-10-20(11-9-19)29-24(33)17-23-25(34)31(21-12-14-22(32)15-13-21)26(35-23)30-28-16-4-7-18-5-2-1-3-6-18/h1-16,23,32H,17H2,(H,29,33)/b7-4+,28-16+,30-26-. The number of benzene rings is 3. The van der Waals surface area contributed by atoms with Crippen LogP contribution >= 0.6 is 11.8 Å². The van der Waals surface area contributed by atoms with Crippen molar-refractivity contribution in [3.05, 3.63) is 96.3 Å². The van der Waals surface area contributed by atoms with Gasteiger partial charge in [-0.1, -0.05) is 48.2 Å². The smallest absolute Gasteiger partial charge is 0.247 e. The van der Waals surface area contributed by atoms with Crippen LogP contribution in [0.4, 0.5) is 15.8 Å². The first-order chi connectivity index (χ1) is 17.0. The number of thioether (sulfide) groups is 1.